The molecule has 38 heavy (non-hydrogen) atoms. The Hall–Kier alpha value is -3.54. The number of rotatable bonds is 6. The zero-order valence-corrected chi connectivity index (χ0v) is 22.9. The van der Waals surface area contributed by atoms with Crippen LogP contribution in [0, 0.1) is 0 Å². The Kier molecular flexibility index (Phi) is 6.96. The van der Waals surface area contributed by atoms with Crippen molar-refractivity contribution in [3.8, 4) is 17.3 Å². The number of phenolic OH excluding ortho intramolecular Hbond substituents is 1. The van der Waals surface area contributed by atoms with Crippen LogP contribution in [-0.4, -0.2) is 66.5 Å². The van der Waals surface area contributed by atoms with Crippen LogP contribution in [0.15, 0.2) is 72.8 Å². The lowest BCUT2D eigenvalue weighted by atomic mass is 10.1. The van der Waals surface area contributed by atoms with Gasteiger partial charge in [0, 0.05) is 49.4 Å². The highest BCUT2D eigenvalue weighted by Gasteiger charge is 2.16. The number of anilines is 1. The molecule has 0 bridgehead atoms. The number of nitrogens with one attached hydrogen (secondary N) is 2. The third kappa shape index (κ3) is 5.22. The Morgan fingerprint density at radius 2 is 1.74 bits per heavy atom. The first-order valence-electron chi connectivity index (χ1n) is 12.6. The van der Waals surface area contributed by atoms with E-state index < -0.39 is 0 Å². The summed E-state index contributed by atoms with van der Waals surface area (Å²) in [5.74, 6) is 0.524. The van der Waals surface area contributed by atoms with Gasteiger partial charge in [-0.05, 0) is 48.0 Å². The summed E-state index contributed by atoms with van der Waals surface area (Å²) in [4.78, 5) is 30.4. The predicted octanol–water partition coefficient (Wildman–Crippen LogP) is 5.25. The minimum absolute atomic E-state index is 0.127. The maximum Gasteiger partial charge on any atom is 0.255 e. The number of alkyl halides is 1. The van der Waals surface area contributed by atoms with Gasteiger partial charge in [0.25, 0.3) is 5.91 Å². The average Bonchev–Trinajstić information content (AvgIpc) is 3.38. The first-order chi connectivity index (χ1) is 18.6. The number of para-hydroxylation sites is 1. The molecule has 0 aliphatic carbocycles. The van der Waals surface area contributed by atoms with Gasteiger partial charge in [-0.1, -0.05) is 52.9 Å². The van der Waals surface area contributed by atoms with E-state index in [2.05, 4.69) is 64.8 Å². The van der Waals surface area contributed by atoms with Crippen molar-refractivity contribution in [3.63, 3.8) is 0 Å². The standard InChI is InChI=1S/C29H27IN6O2/c30-18-36-14-12-35(13-15-36)17-19-4-8-22(9-5-19)31-29(38)21-7-10-23-25(16-21)34-28(33-23)24-11-6-20-2-1-3-26(37)27(20)32-24/h1-11,16,37H,12-15,17-18H2,(H,31,38)(H,33,34). The lowest BCUT2D eigenvalue weighted by molar-refractivity contribution is 0.102. The fourth-order valence-corrected chi connectivity index (χ4v) is 5.44. The minimum atomic E-state index is -0.181. The van der Waals surface area contributed by atoms with Crippen molar-refractivity contribution < 1.29 is 9.90 Å². The molecule has 2 aromatic heterocycles. The van der Waals surface area contributed by atoms with Crippen molar-refractivity contribution in [1.82, 2.24) is 24.8 Å². The molecule has 5 aromatic rings. The summed E-state index contributed by atoms with van der Waals surface area (Å²) in [6.07, 6.45) is 0. The number of piperazine rings is 1. The van der Waals surface area contributed by atoms with Crippen LogP contribution in [0.25, 0.3) is 33.5 Å². The van der Waals surface area contributed by atoms with E-state index in [-0.39, 0.29) is 11.7 Å². The van der Waals surface area contributed by atoms with E-state index in [1.807, 2.05) is 36.4 Å². The monoisotopic (exact) mass is 618 g/mol. The van der Waals surface area contributed by atoms with E-state index in [1.165, 1.54) is 5.56 Å². The SMILES string of the molecule is O=C(Nc1ccc(CN2CCN(CI)CC2)cc1)c1ccc2nc(-c3ccc4cccc(O)c4n3)[nH]c2c1. The normalized spacial score (nSPS) is 14.8. The zero-order valence-electron chi connectivity index (χ0n) is 20.7. The van der Waals surface area contributed by atoms with Crippen LogP contribution in [0.4, 0.5) is 5.69 Å². The molecular weight excluding hydrogens is 591 g/mol. The Bertz CT molecular complexity index is 1610. The van der Waals surface area contributed by atoms with Crippen molar-refractivity contribution in [2.45, 2.75) is 6.54 Å². The number of carbonyl (C=O) groups is 1. The largest absolute Gasteiger partial charge is 0.506 e. The topological polar surface area (TPSA) is 97.4 Å². The molecule has 0 spiro atoms. The number of pyridine rings is 1. The zero-order chi connectivity index (χ0) is 26.1. The number of hydrogen-bond donors (Lipinski definition) is 3. The summed E-state index contributed by atoms with van der Waals surface area (Å²) in [6, 6.07) is 22.5. The average molecular weight is 618 g/mol. The molecule has 1 fully saturated rings. The summed E-state index contributed by atoms with van der Waals surface area (Å²) in [5, 5.41) is 14.0. The van der Waals surface area contributed by atoms with Gasteiger partial charge in [-0.2, -0.15) is 0 Å². The number of aromatic hydroxyl groups is 1. The summed E-state index contributed by atoms with van der Waals surface area (Å²) in [7, 11) is 0. The summed E-state index contributed by atoms with van der Waals surface area (Å²) < 4.78 is 1.08. The molecule has 0 unspecified atom stereocenters. The molecule has 1 amide bonds. The van der Waals surface area contributed by atoms with Crippen LogP contribution in [0.1, 0.15) is 15.9 Å². The molecule has 0 radical (unpaired) electrons. The van der Waals surface area contributed by atoms with Gasteiger partial charge in [0.1, 0.15) is 17.0 Å². The van der Waals surface area contributed by atoms with E-state index in [1.54, 1.807) is 24.3 Å². The number of hydrogen-bond acceptors (Lipinski definition) is 6. The van der Waals surface area contributed by atoms with Gasteiger partial charge in [-0.15, -0.1) is 0 Å². The number of amides is 1. The van der Waals surface area contributed by atoms with E-state index in [0.717, 1.165) is 59.4 Å². The van der Waals surface area contributed by atoms with E-state index >= 15 is 0 Å². The summed E-state index contributed by atoms with van der Waals surface area (Å²) >= 11 is 2.42. The Balaban J connectivity index is 1.14. The second kappa shape index (κ2) is 10.7. The number of halogens is 1. The van der Waals surface area contributed by atoms with Crippen molar-refractivity contribution in [2.24, 2.45) is 0 Å². The van der Waals surface area contributed by atoms with Gasteiger partial charge in [0.15, 0.2) is 5.82 Å². The number of nitrogens with zero attached hydrogens (tertiary/aromatic N) is 4. The van der Waals surface area contributed by atoms with Crippen LogP contribution in [0.2, 0.25) is 0 Å². The van der Waals surface area contributed by atoms with Crippen molar-refractivity contribution in [3.05, 3.63) is 83.9 Å². The lowest BCUT2D eigenvalue weighted by Crippen LogP contribution is -2.45. The highest BCUT2D eigenvalue weighted by molar-refractivity contribution is 14.1. The molecule has 3 heterocycles. The van der Waals surface area contributed by atoms with Crippen LogP contribution < -0.4 is 5.32 Å². The number of aromatic nitrogens is 3. The highest BCUT2D eigenvalue weighted by Crippen LogP contribution is 2.27. The quantitative estimate of drug-likeness (QED) is 0.137. The number of imidazole rings is 1. The maximum absolute atomic E-state index is 13.0. The molecular formula is C29H27IN6O2. The van der Waals surface area contributed by atoms with Crippen LogP contribution >= 0.6 is 22.6 Å². The van der Waals surface area contributed by atoms with Gasteiger partial charge in [-0.3, -0.25) is 14.6 Å². The Morgan fingerprint density at radius 3 is 2.53 bits per heavy atom. The van der Waals surface area contributed by atoms with E-state index in [0.29, 0.717) is 22.6 Å². The third-order valence-electron chi connectivity index (χ3n) is 6.94. The maximum atomic E-state index is 13.0. The molecule has 8 nitrogen and oxygen atoms in total. The smallest absolute Gasteiger partial charge is 0.255 e. The second-order valence-electron chi connectivity index (χ2n) is 9.53. The van der Waals surface area contributed by atoms with E-state index in [9.17, 15) is 9.90 Å². The van der Waals surface area contributed by atoms with Crippen molar-refractivity contribution >= 4 is 56.1 Å². The number of aromatic amines is 1. The molecule has 6 rings (SSSR count). The lowest BCUT2D eigenvalue weighted by Gasteiger charge is -2.33. The molecule has 1 saturated heterocycles. The van der Waals surface area contributed by atoms with Crippen molar-refractivity contribution in [1.29, 1.82) is 0 Å². The van der Waals surface area contributed by atoms with Crippen LogP contribution in [0.3, 0.4) is 0 Å². The first kappa shape index (κ1) is 24.8. The minimum Gasteiger partial charge on any atom is -0.506 e. The molecule has 0 atom stereocenters. The number of H-pyrrole nitrogens is 1. The number of fused-ring (bicyclic) bond motifs is 2. The second-order valence-corrected chi connectivity index (χ2v) is 10.2. The molecule has 9 heteroatoms. The fourth-order valence-electron chi connectivity index (χ4n) is 4.76. The molecule has 1 aliphatic rings. The fraction of sp³-hybridized carbons (Fsp3) is 0.207. The molecule has 3 N–H and O–H groups in total. The number of phenols is 1. The Morgan fingerprint density at radius 1 is 0.947 bits per heavy atom. The third-order valence-corrected chi connectivity index (χ3v) is 7.90. The van der Waals surface area contributed by atoms with Crippen LogP contribution in [0.5, 0.6) is 5.75 Å². The summed E-state index contributed by atoms with van der Waals surface area (Å²) in [5.41, 5.74) is 5.16. The van der Waals surface area contributed by atoms with Gasteiger partial charge in [0.2, 0.25) is 0 Å². The molecule has 192 valence electrons. The van der Waals surface area contributed by atoms with E-state index in [4.69, 9.17) is 0 Å². The molecule has 1 aliphatic heterocycles. The van der Waals surface area contributed by atoms with Crippen LogP contribution in [-0.2, 0) is 6.54 Å². The summed E-state index contributed by atoms with van der Waals surface area (Å²) in [6.45, 7) is 5.31. The van der Waals surface area contributed by atoms with Crippen molar-refractivity contribution in [2.75, 3.05) is 36.0 Å². The number of carbonyl (C=O) groups excluding carboxylic acids is 1. The van der Waals surface area contributed by atoms with Gasteiger partial charge >= 0.3 is 0 Å². The van der Waals surface area contributed by atoms with Gasteiger partial charge in [0.05, 0.1) is 15.6 Å². The molecule has 3 aromatic carbocycles. The first-order valence-corrected chi connectivity index (χ1v) is 14.1. The number of benzene rings is 3. The molecule has 0 saturated carbocycles. The van der Waals surface area contributed by atoms with Gasteiger partial charge in [-0.25, -0.2) is 9.97 Å². The Labute approximate surface area is 233 Å². The highest BCUT2D eigenvalue weighted by atomic mass is 127. The predicted molar refractivity (Wildman–Crippen MR) is 159 cm³/mol. The van der Waals surface area contributed by atoms with Gasteiger partial charge < -0.3 is 15.4 Å².